The smallest absolute Gasteiger partial charge is 0.243 e. The summed E-state index contributed by atoms with van der Waals surface area (Å²) in [5, 5.41) is 3.30. The van der Waals surface area contributed by atoms with Gasteiger partial charge in [0.1, 0.15) is 5.54 Å². The summed E-state index contributed by atoms with van der Waals surface area (Å²) in [7, 11) is 0. The van der Waals surface area contributed by atoms with Crippen molar-refractivity contribution in [1.29, 1.82) is 0 Å². The molecule has 0 bridgehead atoms. The number of nitrogens with two attached hydrogens (primary N) is 1. The zero-order valence-corrected chi connectivity index (χ0v) is 10.9. The van der Waals surface area contributed by atoms with Crippen molar-refractivity contribution in [2.24, 2.45) is 5.73 Å². The molecule has 17 heavy (non-hydrogen) atoms. The molecule has 1 aromatic carbocycles. The highest BCUT2D eigenvalue weighted by Crippen LogP contribution is 2.23. The van der Waals surface area contributed by atoms with E-state index >= 15 is 0 Å². The number of hydrogen-bond donors (Lipinski definition) is 2. The summed E-state index contributed by atoms with van der Waals surface area (Å²) in [6.45, 7) is 6.09. The van der Waals surface area contributed by atoms with Gasteiger partial charge in [0.25, 0.3) is 0 Å². The minimum absolute atomic E-state index is 0.276. The Hall–Kier alpha value is -1.51. The maximum Gasteiger partial charge on any atom is 0.243 e. The van der Waals surface area contributed by atoms with Crippen molar-refractivity contribution in [2.75, 3.05) is 5.32 Å². The number of anilines is 1. The first kappa shape index (κ1) is 13.6. The second kappa shape index (κ2) is 5.71. The molecule has 1 amide bonds. The molecule has 0 radical (unpaired) electrons. The van der Waals surface area contributed by atoms with Gasteiger partial charge in [-0.05, 0) is 31.9 Å². The number of amides is 1. The van der Waals surface area contributed by atoms with Gasteiger partial charge in [-0.1, -0.05) is 38.0 Å². The topological polar surface area (TPSA) is 55.1 Å². The number of carbonyl (C=O) groups is 1. The molecule has 0 heterocycles. The number of nitrogens with one attached hydrogen (secondary N) is 1. The average molecular weight is 234 g/mol. The zero-order valence-electron chi connectivity index (χ0n) is 10.9. The van der Waals surface area contributed by atoms with E-state index in [-0.39, 0.29) is 5.91 Å². The summed E-state index contributed by atoms with van der Waals surface area (Å²) in [5.41, 5.74) is 7.07. The van der Waals surface area contributed by atoms with Gasteiger partial charge in [-0.15, -0.1) is 0 Å². The standard InChI is InChI=1S/C14H22N2O/c1-4-10-14(5-2,13(15)17)16-12-8-6-11(3)7-9-12/h6-9,16H,4-5,10H2,1-3H3,(H2,15,17). The highest BCUT2D eigenvalue weighted by atomic mass is 16.1. The van der Waals surface area contributed by atoms with Crippen LogP contribution < -0.4 is 11.1 Å². The van der Waals surface area contributed by atoms with Gasteiger partial charge in [0.05, 0.1) is 0 Å². The number of hydrogen-bond acceptors (Lipinski definition) is 2. The number of benzene rings is 1. The molecule has 3 N–H and O–H groups in total. The van der Waals surface area contributed by atoms with Crippen LogP contribution in [0.3, 0.4) is 0 Å². The van der Waals surface area contributed by atoms with Gasteiger partial charge in [-0.3, -0.25) is 4.79 Å². The lowest BCUT2D eigenvalue weighted by atomic mass is 9.89. The van der Waals surface area contributed by atoms with Gasteiger partial charge < -0.3 is 11.1 Å². The number of primary amides is 1. The fourth-order valence-electron chi connectivity index (χ4n) is 2.03. The first-order chi connectivity index (χ1) is 8.04. The van der Waals surface area contributed by atoms with E-state index in [1.165, 1.54) is 5.56 Å². The molecular weight excluding hydrogens is 212 g/mol. The molecule has 3 nitrogen and oxygen atoms in total. The van der Waals surface area contributed by atoms with Gasteiger partial charge in [0, 0.05) is 5.69 Å². The Kier molecular flexibility index (Phi) is 4.55. The number of carbonyl (C=O) groups excluding carboxylic acids is 1. The number of rotatable bonds is 6. The van der Waals surface area contributed by atoms with E-state index in [1.807, 2.05) is 38.1 Å². The highest BCUT2D eigenvalue weighted by molar-refractivity contribution is 5.87. The molecule has 1 atom stereocenters. The van der Waals surface area contributed by atoms with Crippen LogP contribution in [0, 0.1) is 6.92 Å². The number of aryl methyl sites for hydroxylation is 1. The third-order valence-corrected chi connectivity index (χ3v) is 3.19. The Balaban J connectivity index is 2.92. The van der Waals surface area contributed by atoms with E-state index in [9.17, 15) is 4.79 Å². The van der Waals surface area contributed by atoms with Gasteiger partial charge >= 0.3 is 0 Å². The Morgan fingerprint density at radius 2 is 1.88 bits per heavy atom. The van der Waals surface area contributed by atoms with Crippen LogP contribution in [0.5, 0.6) is 0 Å². The molecule has 0 aliphatic carbocycles. The molecule has 1 unspecified atom stereocenters. The third kappa shape index (κ3) is 3.22. The monoisotopic (exact) mass is 234 g/mol. The van der Waals surface area contributed by atoms with Gasteiger partial charge in [0.2, 0.25) is 5.91 Å². The summed E-state index contributed by atoms with van der Waals surface area (Å²) in [4.78, 5) is 11.7. The first-order valence-corrected chi connectivity index (χ1v) is 6.19. The fourth-order valence-corrected chi connectivity index (χ4v) is 2.03. The molecule has 94 valence electrons. The molecule has 1 rings (SSSR count). The van der Waals surface area contributed by atoms with E-state index in [2.05, 4.69) is 12.2 Å². The Bertz CT molecular complexity index is 372. The lowest BCUT2D eigenvalue weighted by Crippen LogP contribution is -2.50. The van der Waals surface area contributed by atoms with E-state index in [0.29, 0.717) is 6.42 Å². The van der Waals surface area contributed by atoms with Gasteiger partial charge in [0.15, 0.2) is 0 Å². The van der Waals surface area contributed by atoms with Crippen LogP contribution in [0.4, 0.5) is 5.69 Å². The quantitative estimate of drug-likeness (QED) is 0.795. The largest absolute Gasteiger partial charge is 0.371 e. The van der Waals surface area contributed by atoms with Gasteiger partial charge in [-0.25, -0.2) is 0 Å². The minimum Gasteiger partial charge on any atom is -0.371 e. The Labute approximate surface area is 103 Å². The van der Waals surface area contributed by atoms with Crippen LogP contribution in [-0.2, 0) is 4.79 Å². The van der Waals surface area contributed by atoms with Crippen molar-refractivity contribution in [2.45, 2.75) is 45.6 Å². The molecule has 0 aromatic heterocycles. The predicted octanol–water partition coefficient (Wildman–Crippen LogP) is 2.84. The molecule has 3 heteroatoms. The predicted molar refractivity (Wildman–Crippen MR) is 71.9 cm³/mol. The second-order valence-electron chi connectivity index (χ2n) is 4.54. The van der Waals surface area contributed by atoms with Crippen LogP contribution >= 0.6 is 0 Å². The summed E-state index contributed by atoms with van der Waals surface area (Å²) in [6.07, 6.45) is 2.38. The summed E-state index contributed by atoms with van der Waals surface area (Å²) in [5.74, 6) is -0.276. The molecule has 0 saturated carbocycles. The fraction of sp³-hybridized carbons (Fsp3) is 0.500. The summed E-state index contributed by atoms with van der Waals surface area (Å²) < 4.78 is 0. The highest BCUT2D eigenvalue weighted by Gasteiger charge is 2.33. The lowest BCUT2D eigenvalue weighted by molar-refractivity contribution is -0.122. The van der Waals surface area contributed by atoms with E-state index < -0.39 is 5.54 Å². The molecule has 0 aliphatic heterocycles. The molecule has 0 aliphatic rings. The molecule has 1 aromatic rings. The molecule has 0 saturated heterocycles. The van der Waals surface area contributed by atoms with Crippen molar-refractivity contribution in [1.82, 2.24) is 0 Å². The molecule has 0 spiro atoms. The second-order valence-corrected chi connectivity index (χ2v) is 4.54. The van der Waals surface area contributed by atoms with Crippen molar-refractivity contribution in [3.63, 3.8) is 0 Å². The van der Waals surface area contributed by atoms with Crippen molar-refractivity contribution < 1.29 is 4.79 Å². The van der Waals surface area contributed by atoms with Crippen LogP contribution in [0.2, 0.25) is 0 Å². The summed E-state index contributed by atoms with van der Waals surface area (Å²) in [6, 6.07) is 8.02. The minimum atomic E-state index is -0.621. The third-order valence-electron chi connectivity index (χ3n) is 3.19. The van der Waals surface area contributed by atoms with Gasteiger partial charge in [-0.2, -0.15) is 0 Å². The van der Waals surface area contributed by atoms with E-state index in [0.717, 1.165) is 18.5 Å². The Morgan fingerprint density at radius 3 is 2.29 bits per heavy atom. The molecule has 0 fully saturated rings. The first-order valence-electron chi connectivity index (χ1n) is 6.19. The maximum atomic E-state index is 11.7. The normalized spacial score (nSPS) is 14.1. The molecular formula is C14H22N2O. The van der Waals surface area contributed by atoms with E-state index in [4.69, 9.17) is 5.73 Å². The van der Waals surface area contributed by atoms with Crippen LogP contribution in [0.15, 0.2) is 24.3 Å². The SMILES string of the molecule is CCCC(CC)(Nc1ccc(C)cc1)C(N)=O. The van der Waals surface area contributed by atoms with E-state index in [1.54, 1.807) is 0 Å². The Morgan fingerprint density at radius 1 is 1.29 bits per heavy atom. The van der Waals surface area contributed by atoms with Crippen molar-refractivity contribution >= 4 is 11.6 Å². The van der Waals surface area contributed by atoms with Crippen LogP contribution in [0.1, 0.15) is 38.7 Å². The van der Waals surface area contributed by atoms with Crippen molar-refractivity contribution in [3.05, 3.63) is 29.8 Å². The summed E-state index contributed by atoms with van der Waals surface area (Å²) >= 11 is 0. The van der Waals surface area contributed by atoms with Crippen LogP contribution in [0.25, 0.3) is 0 Å². The maximum absolute atomic E-state index is 11.7. The zero-order chi connectivity index (χ0) is 12.9. The van der Waals surface area contributed by atoms with Crippen molar-refractivity contribution in [3.8, 4) is 0 Å². The lowest BCUT2D eigenvalue weighted by Gasteiger charge is -2.31. The van der Waals surface area contributed by atoms with Crippen LogP contribution in [-0.4, -0.2) is 11.4 Å². The average Bonchev–Trinajstić information content (AvgIpc) is 2.31.